The highest BCUT2D eigenvalue weighted by atomic mass is 16.5. The van der Waals surface area contributed by atoms with Crippen LogP contribution in [-0.4, -0.2) is 5.97 Å². The molecule has 5 nitrogen and oxygen atoms in total. The van der Waals surface area contributed by atoms with Crippen molar-refractivity contribution in [1.29, 1.82) is 0 Å². The fourth-order valence-electron chi connectivity index (χ4n) is 2.96. The molecule has 0 saturated heterocycles. The van der Waals surface area contributed by atoms with Crippen molar-refractivity contribution in [3.05, 3.63) is 109 Å². The Morgan fingerprint density at radius 1 is 0.633 bits per heavy atom. The van der Waals surface area contributed by atoms with Crippen LogP contribution in [0.3, 0.4) is 0 Å². The highest BCUT2D eigenvalue weighted by molar-refractivity contribution is 5.97. The second kappa shape index (κ2) is 8.84. The Bertz CT molecular complexity index is 1130. The Hall–Kier alpha value is -4.25. The van der Waals surface area contributed by atoms with E-state index < -0.39 is 5.97 Å². The van der Waals surface area contributed by atoms with Crippen LogP contribution >= 0.6 is 0 Å². The van der Waals surface area contributed by atoms with E-state index in [2.05, 4.69) is 10.6 Å². The first-order valence-corrected chi connectivity index (χ1v) is 9.53. The number of hydrogen-bond donors (Lipinski definition) is 3. The average Bonchev–Trinajstić information content (AvgIpc) is 2.78. The summed E-state index contributed by atoms with van der Waals surface area (Å²) in [4.78, 5) is 12.7. The van der Waals surface area contributed by atoms with Crippen LogP contribution in [0.1, 0.15) is 10.4 Å². The molecular formula is C25H21N3O2. The van der Waals surface area contributed by atoms with E-state index in [4.69, 9.17) is 10.5 Å². The van der Waals surface area contributed by atoms with E-state index in [1.54, 1.807) is 24.3 Å². The Morgan fingerprint density at radius 2 is 1.13 bits per heavy atom. The second-order valence-corrected chi connectivity index (χ2v) is 6.70. The highest BCUT2D eigenvalue weighted by Gasteiger charge is 2.13. The zero-order valence-corrected chi connectivity index (χ0v) is 16.2. The molecule has 4 rings (SSSR count). The molecule has 0 saturated carbocycles. The zero-order chi connectivity index (χ0) is 20.8. The molecule has 30 heavy (non-hydrogen) atoms. The van der Waals surface area contributed by atoms with Gasteiger partial charge in [0.25, 0.3) is 0 Å². The molecule has 0 spiro atoms. The Balaban J connectivity index is 1.45. The number of nitrogen functional groups attached to an aromatic ring is 1. The lowest BCUT2D eigenvalue weighted by molar-refractivity contribution is 0.0736. The molecule has 0 bridgehead atoms. The molecular weight excluding hydrogens is 374 g/mol. The van der Waals surface area contributed by atoms with Gasteiger partial charge in [0.2, 0.25) is 0 Å². The Kier molecular flexibility index (Phi) is 5.62. The molecule has 148 valence electrons. The summed E-state index contributed by atoms with van der Waals surface area (Å²) in [5.41, 5.74) is 10.2. The molecule has 0 radical (unpaired) electrons. The van der Waals surface area contributed by atoms with Crippen LogP contribution in [0.15, 0.2) is 103 Å². The number of nitrogens with two attached hydrogens (primary N) is 1. The summed E-state index contributed by atoms with van der Waals surface area (Å²) in [7, 11) is 0. The minimum absolute atomic E-state index is 0.308. The summed E-state index contributed by atoms with van der Waals surface area (Å²) in [5.74, 6) is -0.0626. The maximum atomic E-state index is 12.7. The molecule has 0 atom stereocenters. The minimum atomic E-state index is -0.506. The van der Waals surface area contributed by atoms with Crippen LogP contribution in [0.5, 0.6) is 5.75 Å². The molecule has 0 amide bonds. The third-order valence-electron chi connectivity index (χ3n) is 4.46. The molecule has 0 aromatic heterocycles. The van der Waals surface area contributed by atoms with Gasteiger partial charge in [-0.2, -0.15) is 0 Å². The van der Waals surface area contributed by atoms with Crippen LogP contribution in [0.25, 0.3) is 0 Å². The molecule has 0 heterocycles. The van der Waals surface area contributed by atoms with Gasteiger partial charge in [-0.3, -0.25) is 0 Å². The van der Waals surface area contributed by atoms with Gasteiger partial charge in [-0.15, -0.1) is 0 Å². The zero-order valence-electron chi connectivity index (χ0n) is 16.2. The van der Waals surface area contributed by atoms with E-state index in [9.17, 15) is 4.79 Å². The summed E-state index contributed by atoms with van der Waals surface area (Å²) >= 11 is 0. The Labute approximate surface area is 175 Å². The van der Waals surface area contributed by atoms with Gasteiger partial charge in [-0.25, -0.2) is 4.79 Å². The van der Waals surface area contributed by atoms with Gasteiger partial charge in [0.1, 0.15) is 5.75 Å². The van der Waals surface area contributed by atoms with Gasteiger partial charge in [-0.05, 0) is 66.7 Å². The topological polar surface area (TPSA) is 76.4 Å². The monoisotopic (exact) mass is 395 g/mol. The third-order valence-corrected chi connectivity index (χ3v) is 4.46. The molecule has 0 aliphatic rings. The molecule has 4 N–H and O–H groups in total. The number of esters is 1. The summed E-state index contributed by atoms with van der Waals surface area (Å²) < 4.78 is 5.52. The summed E-state index contributed by atoms with van der Waals surface area (Å²) in [6.07, 6.45) is 0. The van der Waals surface area contributed by atoms with Crippen LogP contribution in [0.2, 0.25) is 0 Å². The lowest BCUT2D eigenvalue weighted by Crippen LogP contribution is -2.11. The maximum absolute atomic E-state index is 12.7. The maximum Gasteiger partial charge on any atom is 0.345 e. The van der Waals surface area contributed by atoms with Gasteiger partial charge in [0.05, 0.1) is 5.56 Å². The predicted molar refractivity (Wildman–Crippen MR) is 122 cm³/mol. The molecule has 5 heteroatoms. The van der Waals surface area contributed by atoms with Crippen LogP contribution in [0, 0.1) is 0 Å². The molecule has 4 aromatic rings. The normalized spacial score (nSPS) is 10.3. The number of para-hydroxylation sites is 2. The number of ether oxygens (including phenoxy) is 1. The van der Waals surface area contributed by atoms with Crippen LogP contribution in [-0.2, 0) is 0 Å². The largest absolute Gasteiger partial charge is 0.423 e. The lowest BCUT2D eigenvalue weighted by Gasteiger charge is -2.11. The van der Waals surface area contributed by atoms with Crippen molar-refractivity contribution >= 4 is 34.4 Å². The predicted octanol–water partition coefficient (Wildman–Crippen LogP) is 5.98. The summed E-state index contributed by atoms with van der Waals surface area (Å²) in [6.45, 7) is 0. The number of anilines is 5. The van der Waals surface area contributed by atoms with E-state index in [1.807, 2.05) is 78.9 Å². The third kappa shape index (κ3) is 4.77. The van der Waals surface area contributed by atoms with Gasteiger partial charge in [0.15, 0.2) is 0 Å². The lowest BCUT2D eigenvalue weighted by atomic mass is 10.1. The van der Waals surface area contributed by atoms with E-state index in [-0.39, 0.29) is 0 Å². The number of benzene rings is 4. The molecule has 0 aliphatic carbocycles. The van der Waals surface area contributed by atoms with Crippen molar-refractivity contribution in [3.63, 3.8) is 0 Å². The summed E-state index contributed by atoms with van der Waals surface area (Å²) in [6, 6.07) is 31.9. The van der Waals surface area contributed by atoms with Crippen molar-refractivity contribution in [2.75, 3.05) is 16.4 Å². The van der Waals surface area contributed by atoms with Crippen molar-refractivity contribution in [3.8, 4) is 5.75 Å². The molecule has 0 aliphatic heterocycles. The van der Waals surface area contributed by atoms with E-state index in [0.717, 1.165) is 22.7 Å². The minimum Gasteiger partial charge on any atom is -0.423 e. The number of nitrogens with one attached hydrogen (secondary N) is 2. The number of carbonyl (C=O) groups is 1. The van der Waals surface area contributed by atoms with Gasteiger partial charge < -0.3 is 21.1 Å². The first-order chi connectivity index (χ1) is 14.7. The Morgan fingerprint density at radius 3 is 1.73 bits per heavy atom. The molecule has 4 aromatic carbocycles. The first-order valence-electron chi connectivity index (χ1n) is 9.53. The fourth-order valence-corrected chi connectivity index (χ4v) is 2.96. The van der Waals surface area contributed by atoms with Crippen molar-refractivity contribution in [2.24, 2.45) is 0 Å². The van der Waals surface area contributed by atoms with Crippen molar-refractivity contribution in [2.45, 2.75) is 0 Å². The quantitative estimate of drug-likeness (QED) is 0.213. The van der Waals surface area contributed by atoms with Crippen molar-refractivity contribution in [1.82, 2.24) is 0 Å². The van der Waals surface area contributed by atoms with Crippen molar-refractivity contribution < 1.29 is 9.53 Å². The molecule has 0 unspecified atom stereocenters. The second-order valence-electron chi connectivity index (χ2n) is 6.70. The highest BCUT2D eigenvalue weighted by Crippen LogP contribution is 2.24. The van der Waals surface area contributed by atoms with Gasteiger partial charge >= 0.3 is 5.97 Å². The van der Waals surface area contributed by atoms with Crippen LogP contribution in [0.4, 0.5) is 28.4 Å². The SMILES string of the molecule is Nc1ccc(Nc2ccccc2)cc1C(=O)Oc1ccc(Nc2ccccc2)cc1. The molecule has 0 fully saturated rings. The standard InChI is InChI=1S/C25H21N3O2/c26-24-16-13-21(28-19-9-5-2-6-10-19)17-23(24)25(29)30-22-14-11-20(12-15-22)27-18-7-3-1-4-8-18/h1-17,27-28H,26H2. The number of carbonyl (C=O) groups excluding carboxylic acids is 1. The summed E-state index contributed by atoms with van der Waals surface area (Å²) in [5, 5.41) is 6.54. The fraction of sp³-hybridized carbons (Fsp3) is 0. The van der Waals surface area contributed by atoms with Gasteiger partial charge in [0, 0.05) is 28.4 Å². The number of rotatable bonds is 6. The van der Waals surface area contributed by atoms with E-state index in [1.165, 1.54) is 0 Å². The van der Waals surface area contributed by atoms with Gasteiger partial charge in [-0.1, -0.05) is 36.4 Å². The van der Waals surface area contributed by atoms with E-state index >= 15 is 0 Å². The average molecular weight is 395 g/mol. The first kappa shape index (κ1) is 19.1. The number of hydrogen-bond acceptors (Lipinski definition) is 5. The van der Waals surface area contributed by atoms with Crippen LogP contribution < -0.4 is 21.1 Å². The van der Waals surface area contributed by atoms with E-state index in [0.29, 0.717) is 17.0 Å². The smallest absolute Gasteiger partial charge is 0.345 e.